The molecule has 0 N–H and O–H groups in total. The maximum atomic E-state index is 7.50. The van der Waals surface area contributed by atoms with Crippen molar-refractivity contribution in [3.8, 4) is 0 Å². The molecule has 0 aromatic rings. The molecule has 7 heteroatoms. The summed E-state index contributed by atoms with van der Waals surface area (Å²) in [5.74, 6) is 0. The van der Waals surface area contributed by atoms with Crippen LogP contribution >= 0.6 is 0 Å². The summed E-state index contributed by atoms with van der Waals surface area (Å²) in [6, 6.07) is 0. The van der Waals surface area contributed by atoms with E-state index in [0.717, 1.165) is 26.2 Å². The van der Waals surface area contributed by atoms with Crippen LogP contribution in [0.3, 0.4) is 0 Å². The van der Waals surface area contributed by atoms with Gasteiger partial charge in [0, 0.05) is 47.2 Å². The zero-order chi connectivity index (χ0) is 15.6. The van der Waals surface area contributed by atoms with Crippen molar-refractivity contribution in [2.75, 3.05) is 61.4 Å². The molecule has 0 spiro atoms. The van der Waals surface area contributed by atoms with Gasteiger partial charge in [0.25, 0.3) is 0 Å². The Morgan fingerprint density at radius 2 is 0.789 bits per heavy atom. The van der Waals surface area contributed by atoms with Gasteiger partial charge in [0.1, 0.15) is 0 Å². The van der Waals surface area contributed by atoms with Crippen LogP contribution in [0.2, 0.25) is 0 Å². The molecule has 0 aliphatic rings. The predicted octanol–water partition coefficient (Wildman–Crippen LogP) is -0.0736. The van der Waals surface area contributed by atoms with E-state index in [4.69, 9.17) is 14.0 Å². The summed E-state index contributed by atoms with van der Waals surface area (Å²) in [7, 11) is 10.6. The van der Waals surface area contributed by atoms with Crippen LogP contribution in [0.4, 0.5) is 0 Å². The smallest absolute Gasteiger partial charge is 0 e. The maximum absolute atomic E-state index is 7.50. The Hall–Kier alpha value is -0.212. The van der Waals surface area contributed by atoms with Crippen molar-refractivity contribution >= 4 is 0 Å². The molecule has 0 atom stereocenters. The first-order valence-corrected chi connectivity index (χ1v) is 5.11. The Kier molecular flexibility index (Phi) is 50.5. The van der Waals surface area contributed by atoms with Crippen molar-refractivity contribution < 1.29 is 35.0 Å². The van der Waals surface area contributed by atoms with Crippen LogP contribution in [0.1, 0.15) is 0 Å². The third kappa shape index (κ3) is 46.3. The second kappa shape index (κ2) is 30.7. The number of nitrogens with zero attached hydrogens (tertiary/aromatic N) is 3. The summed E-state index contributed by atoms with van der Waals surface area (Å²) >= 11 is 0. The molecular formula is C12H23N3O3W. The summed E-state index contributed by atoms with van der Waals surface area (Å²) in [6.07, 6.45) is 0. The van der Waals surface area contributed by atoms with E-state index in [0.29, 0.717) is 0 Å². The molecule has 0 amide bonds. The number of hydrogen-bond acceptors (Lipinski definition) is 3. The van der Waals surface area contributed by atoms with Crippen molar-refractivity contribution in [1.82, 2.24) is 14.7 Å². The standard InChI is InChI=1S/C9H23N3.3CO.W/c1-10(2)6-8-12(5)9-7-11(3)4;3*1-2;/h6-9H2,1-5H3;;;;. The monoisotopic (exact) mass is 441 g/mol. The molecule has 0 rings (SSSR count). The zero-order valence-corrected chi connectivity index (χ0v) is 15.2. The van der Waals surface area contributed by atoms with Crippen LogP contribution < -0.4 is 0 Å². The molecule has 0 aliphatic heterocycles. The van der Waals surface area contributed by atoms with E-state index in [9.17, 15) is 0 Å². The van der Waals surface area contributed by atoms with Crippen LogP contribution in [0, 0.1) is 20.0 Å². The summed E-state index contributed by atoms with van der Waals surface area (Å²) in [6.45, 7) is 18.1. The van der Waals surface area contributed by atoms with Crippen molar-refractivity contribution in [2.45, 2.75) is 0 Å². The first-order valence-electron chi connectivity index (χ1n) is 5.11. The molecule has 0 aliphatic carbocycles. The Balaban J connectivity index is -0.0000000816. The van der Waals surface area contributed by atoms with Gasteiger partial charge in [-0.05, 0) is 35.2 Å². The van der Waals surface area contributed by atoms with Crippen molar-refractivity contribution in [3.05, 3.63) is 20.0 Å². The summed E-state index contributed by atoms with van der Waals surface area (Å²) in [4.78, 5) is 6.79. The van der Waals surface area contributed by atoms with Gasteiger partial charge in [0.2, 0.25) is 0 Å². The molecule has 6 nitrogen and oxygen atoms in total. The van der Waals surface area contributed by atoms with Gasteiger partial charge < -0.3 is 14.7 Å². The fraction of sp³-hybridized carbons (Fsp3) is 0.750. The van der Waals surface area contributed by atoms with Crippen LogP contribution in [0.15, 0.2) is 0 Å². The molecular weight excluding hydrogens is 418 g/mol. The fourth-order valence-corrected chi connectivity index (χ4v) is 0.853. The molecule has 110 valence electrons. The van der Waals surface area contributed by atoms with Gasteiger partial charge >= 0.3 is 33.9 Å². The van der Waals surface area contributed by atoms with Gasteiger partial charge in [-0.2, -0.15) is 0 Å². The van der Waals surface area contributed by atoms with Gasteiger partial charge in [-0.15, -0.1) is 0 Å². The van der Waals surface area contributed by atoms with E-state index < -0.39 is 0 Å². The Labute approximate surface area is 131 Å². The van der Waals surface area contributed by atoms with Gasteiger partial charge in [-0.25, -0.2) is 0 Å². The first-order chi connectivity index (χ1) is 8.52. The van der Waals surface area contributed by atoms with E-state index in [1.807, 2.05) is 0 Å². The largest absolute Gasteiger partial charge is 0 e. The van der Waals surface area contributed by atoms with Gasteiger partial charge in [-0.1, -0.05) is 0 Å². The first kappa shape index (κ1) is 31.3. The minimum Gasteiger partial charge on any atom is 0 e. The van der Waals surface area contributed by atoms with Gasteiger partial charge in [0.05, 0.1) is 0 Å². The number of rotatable bonds is 6. The van der Waals surface area contributed by atoms with E-state index >= 15 is 0 Å². The summed E-state index contributed by atoms with van der Waals surface area (Å²) < 4.78 is 22.5. The molecule has 0 unspecified atom stereocenters. The average Bonchev–Trinajstić information content (AvgIpc) is 2.41. The van der Waals surface area contributed by atoms with Crippen LogP contribution in [-0.4, -0.2) is 76.1 Å². The molecule has 0 heterocycles. The minimum atomic E-state index is 0. The molecule has 0 bridgehead atoms. The molecule has 0 saturated carbocycles. The number of hydrogen-bond donors (Lipinski definition) is 0. The quantitative estimate of drug-likeness (QED) is 0.428. The SMILES string of the molecule is CN(C)CCN(C)CCN(C)C.[C-]#[O+].[C-]#[O+].[C-]#[O+].[W]. The molecule has 0 radical (unpaired) electrons. The van der Waals surface area contributed by atoms with Gasteiger partial charge in [-0.3, -0.25) is 0 Å². The topological polar surface area (TPSA) is 69.4 Å². The molecule has 0 aromatic heterocycles. The summed E-state index contributed by atoms with van der Waals surface area (Å²) in [5.41, 5.74) is 0. The minimum absolute atomic E-state index is 0. The average molecular weight is 441 g/mol. The second-order valence-corrected chi connectivity index (χ2v) is 3.91. The van der Waals surface area contributed by atoms with E-state index in [1.165, 1.54) is 0 Å². The van der Waals surface area contributed by atoms with Crippen LogP contribution in [0.25, 0.3) is 0 Å². The third-order valence-corrected chi connectivity index (χ3v) is 1.86. The third-order valence-electron chi connectivity index (χ3n) is 1.86. The predicted molar refractivity (Wildman–Crippen MR) is 66.4 cm³/mol. The Morgan fingerprint density at radius 3 is 0.947 bits per heavy atom. The van der Waals surface area contributed by atoms with Crippen molar-refractivity contribution in [2.24, 2.45) is 0 Å². The van der Waals surface area contributed by atoms with Crippen molar-refractivity contribution in [3.63, 3.8) is 0 Å². The molecule has 0 saturated heterocycles. The molecule has 19 heavy (non-hydrogen) atoms. The van der Waals surface area contributed by atoms with Crippen LogP contribution in [-0.2, 0) is 35.0 Å². The van der Waals surface area contributed by atoms with E-state index in [2.05, 4.69) is 69.9 Å². The Morgan fingerprint density at radius 1 is 0.579 bits per heavy atom. The van der Waals surface area contributed by atoms with Gasteiger partial charge in [0.15, 0.2) is 0 Å². The van der Waals surface area contributed by atoms with E-state index in [-0.39, 0.29) is 21.1 Å². The Bertz CT molecular complexity index is 180. The molecule has 0 fully saturated rings. The second-order valence-electron chi connectivity index (χ2n) is 3.91. The summed E-state index contributed by atoms with van der Waals surface area (Å²) in [5, 5.41) is 0. The van der Waals surface area contributed by atoms with E-state index in [1.54, 1.807) is 0 Å². The fourth-order valence-electron chi connectivity index (χ4n) is 0.853. The molecule has 0 aromatic carbocycles. The number of likely N-dealkylation sites (N-methyl/N-ethyl adjacent to an activating group) is 3. The maximum Gasteiger partial charge on any atom is 0 e. The normalized spacial score (nSPS) is 7.89. The zero-order valence-electron chi connectivity index (χ0n) is 12.3. The van der Waals surface area contributed by atoms with Crippen LogP contribution in [0.5, 0.6) is 0 Å². The van der Waals surface area contributed by atoms with Crippen molar-refractivity contribution in [1.29, 1.82) is 0 Å².